The molecule has 2 fully saturated rings. The molecule has 3 nitrogen and oxygen atoms in total. The Balaban J connectivity index is 0.00000128. The van der Waals surface area contributed by atoms with Gasteiger partial charge in [-0.15, -0.1) is 12.4 Å². The molecule has 0 aromatic rings. The molecule has 0 saturated heterocycles. The van der Waals surface area contributed by atoms with Gasteiger partial charge in [-0.25, -0.2) is 0 Å². The second kappa shape index (κ2) is 5.87. The summed E-state index contributed by atoms with van der Waals surface area (Å²) in [5.74, 6) is 2.72. The molecule has 2 N–H and O–H groups in total. The molecule has 2 saturated carbocycles. The second-order valence-corrected chi connectivity index (χ2v) is 5.23. The van der Waals surface area contributed by atoms with E-state index in [9.17, 15) is 4.79 Å². The van der Waals surface area contributed by atoms with Crippen LogP contribution >= 0.6 is 12.4 Å². The van der Waals surface area contributed by atoms with Crippen LogP contribution in [0, 0.1) is 17.8 Å². The van der Waals surface area contributed by atoms with Crippen molar-refractivity contribution in [3.63, 3.8) is 0 Å². The van der Waals surface area contributed by atoms with Crippen molar-refractivity contribution >= 4 is 18.3 Å². The highest BCUT2D eigenvalue weighted by atomic mass is 35.5. The van der Waals surface area contributed by atoms with Crippen LogP contribution in [0.3, 0.4) is 0 Å². The van der Waals surface area contributed by atoms with Gasteiger partial charge in [0.25, 0.3) is 0 Å². The molecule has 0 spiro atoms. The minimum absolute atomic E-state index is 0. The molecule has 0 aromatic carbocycles. The molecule has 2 aliphatic rings. The maximum Gasteiger partial charge on any atom is 0.234 e. The van der Waals surface area contributed by atoms with Crippen LogP contribution in [0.4, 0.5) is 0 Å². The van der Waals surface area contributed by atoms with E-state index in [2.05, 4.69) is 17.6 Å². The first-order chi connectivity index (χ1) is 7.20. The lowest BCUT2D eigenvalue weighted by atomic mass is 9.84. The topological polar surface area (TPSA) is 41.1 Å². The van der Waals surface area contributed by atoms with Crippen molar-refractivity contribution < 1.29 is 4.79 Å². The van der Waals surface area contributed by atoms with E-state index >= 15 is 0 Å². The van der Waals surface area contributed by atoms with Crippen molar-refractivity contribution in [3.05, 3.63) is 0 Å². The van der Waals surface area contributed by atoms with Crippen molar-refractivity contribution in [2.75, 3.05) is 13.6 Å². The predicted molar refractivity (Wildman–Crippen MR) is 67.7 cm³/mol. The number of hydrogen-bond donors (Lipinski definition) is 2. The molecular weight excluding hydrogens is 224 g/mol. The molecule has 2 rings (SSSR count). The van der Waals surface area contributed by atoms with Crippen LogP contribution in [0.2, 0.25) is 0 Å². The summed E-state index contributed by atoms with van der Waals surface area (Å²) >= 11 is 0. The Kier molecular flexibility index (Phi) is 5.06. The smallest absolute Gasteiger partial charge is 0.234 e. The van der Waals surface area contributed by atoms with E-state index in [1.807, 2.05) is 7.05 Å². The van der Waals surface area contributed by atoms with Crippen molar-refractivity contribution in [1.82, 2.24) is 10.6 Å². The summed E-state index contributed by atoms with van der Waals surface area (Å²) in [6.45, 7) is 2.60. The molecule has 2 bridgehead atoms. The van der Waals surface area contributed by atoms with E-state index in [1.54, 1.807) is 0 Å². The first kappa shape index (κ1) is 13.8. The average Bonchev–Trinajstić information content (AvgIpc) is 2.78. The van der Waals surface area contributed by atoms with Gasteiger partial charge in [0.05, 0.1) is 6.54 Å². The number of rotatable bonds is 4. The highest BCUT2D eigenvalue weighted by Crippen LogP contribution is 2.49. The lowest BCUT2D eigenvalue weighted by Crippen LogP contribution is -2.43. The Bertz CT molecular complexity index is 247. The highest BCUT2D eigenvalue weighted by Gasteiger charge is 2.41. The first-order valence-corrected chi connectivity index (χ1v) is 6.14. The third-order valence-electron chi connectivity index (χ3n) is 4.16. The number of fused-ring (bicyclic) bond motifs is 2. The number of carbonyl (C=O) groups is 1. The van der Waals surface area contributed by atoms with E-state index in [0.29, 0.717) is 12.6 Å². The van der Waals surface area contributed by atoms with E-state index in [0.717, 1.165) is 17.8 Å². The van der Waals surface area contributed by atoms with E-state index < -0.39 is 0 Å². The van der Waals surface area contributed by atoms with Gasteiger partial charge >= 0.3 is 0 Å². The predicted octanol–water partition coefficient (Wildman–Crippen LogP) is 1.57. The van der Waals surface area contributed by atoms with Crippen LogP contribution in [-0.4, -0.2) is 25.5 Å². The van der Waals surface area contributed by atoms with Crippen molar-refractivity contribution in [1.29, 1.82) is 0 Å². The van der Waals surface area contributed by atoms with Gasteiger partial charge in [-0.2, -0.15) is 0 Å². The minimum atomic E-state index is 0. The van der Waals surface area contributed by atoms with Crippen molar-refractivity contribution in [2.45, 2.75) is 38.6 Å². The molecule has 1 amide bonds. The lowest BCUT2D eigenvalue weighted by molar-refractivity contribution is -0.121. The Morgan fingerprint density at radius 3 is 2.62 bits per heavy atom. The van der Waals surface area contributed by atoms with Crippen LogP contribution in [0.5, 0.6) is 0 Å². The van der Waals surface area contributed by atoms with E-state index in [4.69, 9.17) is 0 Å². The highest BCUT2D eigenvalue weighted by molar-refractivity contribution is 5.85. The van der Waals surface area contributed by atoms with E-state index in [1.165, 1.54) is 25.7 Å². The monoisotopic (exact) mass is 246 g/mol. The third-order valence-corrected chi connectivity index (χ3v) is 4.16. The number of halogens is 1. The van der Waals surface area contributed by atoms with Crippen LogP contribution in [0.15, 0.2) is 0 Å². The average molecular weight is 247 g/mol. The maximum atomic E-state index is 11.4. The first-order valence-electron chi connectivity index (χ1n) is 6.14. The zero-order valence-electron chi connectivity index (χ0n) is 10.2. The summed E-state index contributed by atoms with van der Waals surface area (Å²) < 4.78 is 0. The van der Waals surface area contributed by atoms with Gasteiger partial charge in [0.1, 0.15) is 0 Å². The molecule has 0 heterocycles. The van der Waals surface area contributed by atoms with Gasteiger partial charge in [-0.1, -0.05) is 6.42 Å². The zero-order valence-corrected chi connectivity index (χ0v) is 11.0. The Morgan fingerprint density at radius 1 is 1.38 bits per heavy atom. The number of likely N-dealkylation sites (N-methyl/N-ethyl adjacent to an activating group) is 1. The van der Waals surface area contributed by atoms with Gasteiger partial charge in [0.2, 0.25) is 5.91 Å². The zero-order chi connectivity index (χ0) is 10.8. The molecule has 94 valence electrons. The standard InChI is InChI=1S/C12H22N2O.ClH/c1-8(14-12(15)7-13-2)11-6-9-3-4-10(11)5-9;/h8-11,13H,3-7H2,1-2H3,(H,14,15);1H. The van der Waals surface area contributed by atoms with Gasteiger partial charge in [0, 0.05) is 6.04 Å². The summed E-state index contributed by atoms with van der Waals surface area (Å²) in [5.41, 5.74) is 0. The van der Waals surface area contributed by atoms with Crippen LogP contribution < -0.4 is 10.6 Å². The minimum Gasteiger partial charge on any atom is -0.352 e. The summed E-state index contributed by atoms with van der Waals surface area (Å²) in [7, 11) is 1.81. The fourth-order valence-corrected chi connectivity index (χ4v) is 3.48. The third kappa shape index (κ3) is 2.89. The van der Waals surface area contributed by atoms with Crippen LogP contribution in [-0.2, 0) is 4.79 Å². The summed E-state index contributed by atoms with van der Waals surface area (Å²) in [5, 5.41) is 5.99. The molecule has 0 radical (unpaired) electrons. The van der Waals surface area contributed by atoms with Crippen LogP contribution in [0.25, 0.3) is 0 Å². The summed E-state index contributed by atoms with van der Waals surface area (Å²) in [4.78, 5) is 11.4. The van der Waals surface area contributed by atoms with Gasteiger partial charge in [-0.3, -0.25) is 4.79 Å². The number of nitrogens with one attached hydrogen (secondary N) is 2. The van der Waals surface area contributed by atoms with Gasteiger partial charge in [-0.05, 0) is 51.0 Å². The normalized spacial score (nSPS) is 33.2. The van der Waals surface area contributed by atoms with Gasteiger partial charge < -0.3 is 10.6 Å². The van der Waals surface area contributed by atoms with E-state index in [-0.39, 0.29) is 18.3 Å². The summed E-state index contributed by atoms with van der Waals surface area (Å²) in [6, 6.07) is 0.362. The second-order valence-electron chi connectivity index (χ2n) is 5.23. The number of carbonyl (C=O) groups excluding carboxylic acids is 1. The largest absolute Gasteiger partial charge is 0.352 e. The molecule has 0 aromatic heterocycles. The fourth-order valence-electron chi connectivity index (χ4n) is 3.48. The van der Waals surface area contributed by atoms with Crippen molar-refractivity contribution in [2.24, 2.45) is 17.8 Å². The SMILES string of the molecule is CNCC(=O)NC(C)C1CC2CCC1C2.Cl. The van der Waals surface area contributed by atoms with Gasteiger partial charge in [0.15, 0.2) is 0 Å². The molecule has 4 atom stereocenters. The Labute approximate surface area is 104 Å². The Hall–Kier alpha value is -0.280. The number of amides is 1. The summed E-state index contributed by atoms with van der Waals surface area (Å²) in [6.07, 6.45) is 5.57. The van der Waals surface area contributed by atoms with Crippen LogP contribution in [0.1, 0.15) is 32.6 Å². The molecule has 4 unspecified atom stereocenters. The molecular formula is C12H23ClN2O. The molecule has 4 heteroatoms. The Morgan fingerprint density at radius 2 is 2.12 bits per heavy atom. The maximum absolute atomic E-state index is 11.4. The molecule has 16 heavy (non-hydrogen) atoms. The molecule has 0 aliphatic heterocycles. The lowest BCUT2D eigenvalue weighted by Gasteiger charge is -2.28. The quantitative estimate of drug-likeness (QED) is 0.791. The van der Waals surface area contributed by atoms with Crippen molar-refractivity contribution in [3.8, 4) is 0 Å². The number of hydrogen-bond acceptors (Lipinski definition) is 2. The molecule has 2 aliphatic carbocycles. The fraction of sp³-hybridized carbons (Fsp3) is 0.917.